The molecule has 1 amide bonds. The van der Waals surface area contributed by atoms with Crippen molar-refractivity contribution in [3.8, 4) is 0 Å². The number of nitrogens with zero attached hydrogens (tertiary/aromatic N) is 2. The number of hydrogen-bond acceptors (Lipinski definition) is 6. The van der Waals surface area contributed by atoms with E-state index in [1.807, 2.05) is 0 Å². The van der Waals surface area contributed by atoms with Crippen LogP contribution in [0.1, 0.15) is 11.1 Å². The van der Waals surface area contributed by atoms with Crippen LogP contribution in [0.25, 0.3) is 10.9 Å². The van der Waals surface area contributed by atoms with E-state index in [-0.39, 0.29) is 41.0 Å². The molecule has 3 aromatic carbocycles. The molecule has 1 aromatic heterocycles. The van der Waals surface area contributed by atoms with Gasteiger partial charge in [0.2, 0.25) is 15.9 Å². The number of thioether (sulfide) groups is 1. The maximum atomic E-state index is 13.2. The molecule has 36 heavy (non-hydrogen) atoms. The minimum absolute atomic E-state index is 0.0127. The molecule has 0 saturated heterocycles. The number of carbonyl (C=O) groups is 1. The maximum absolute atomic E-state index is 13.2. The van der Waals surface area contributed by atoms with Gasteiger partial charge in [0.1, 0.15) is 5.82 Å². The molecule has 1 heterocycles. The van der Waals surface area contributed by atoms with Crippen LogP contribution in [0, 0.1) is 5.82 Å². The Labute approximate surface area is 211 Å². The number of fused-ring (bicyclic) bond motifs is 1. The van der Waals surface area contributed by atoms with Crippen molar-refractivity contribution in [3.63, 3.8) is 0 Å². The first-order valence-corrected chi connectivity index (χ1v) is 13.5. The fourth-order valence-corrected chi connectivity index (χ4v) is 4.90. The van der Waals surface area contributed by atoms with Crippen molar-refractivity contribution in [2.24, 2.45) is 5.14 Å². The number of aromatic nitrogens is 2. The Kier molecular flexibility index (Phi) is 7.82. The van der Waals surface area contributed by atoms with E-state index >= 15 is 0 Å². The molecule has 4 aromatic rings. The van der Waals surface area contributed by atoms with Crippen LogP contribution in [0.4, 0.5) is 4.39 Å². The molecule has 0 atom stereocenters. The van der Waals surface area contributed by atoms with Crippen molar-refractivity contribution in [1.82, 2.24) is 14.9 Å². The van der Waals surface area contributed by atoms with E-state index < -0.39 is 10.0 Å². The summed E-state index contributed by atoms with van der Waals surface area (Å²) in [6, 6.07) is 19.0. The smallest absolute Gasteiger partial charge is 0.262 e. The van der Waals surface area contributed by atoms with Gasteiger partial charge in [-0.2, -0.15) is 0 Å². The van der Waals surface area contributed by atoms with E-state index in [4.69, 9.17) is 5.14 Å². The van der Waals surface area contributed by atoms with Crippen molar-refractivity contribution in [2.45, 2.75) is 29.6 Å². The Morgan fingerprint density at radius 1 is 1.00 bits per heavy atom. The summed E-state index contributed by atoms with van der Waals surface area (Å²) in [4.78, 5) is 30.3. The molecule has 0 radical (unpaired) electrons. The van der Waals surface area contributed by atoms with Crippen LogP contribution in [-0.4, -0.2) is 29.6 Å². The van der Waals surface area contributed by atoms with E-state index in [0.29, 0.717) is 22.5 Å². The number of hydrogen-bond donors (Lipinski definition) is 2. The molecule has 4 rings (SSSR count). The Bertz CT molecular complexity index is 1550. The van der Waals surface area contributed by atoms with E-state index in [0.717, 1.165) is 22.9 Å². The minimum atomic E-state index is -3.79. The number of para-hydroxylation sites is 1. The molecule has 0 unspecified atom stereocenters. The molecule has 0 spiro atoms. The van der Waals surface area contributed by atoms with Gasteiger partial charge in [0.25, 0.3) is 5.56 Å². The molecule has 11 heteroatoms. The Hall–Kier alpha value is -3.54. The van der Waals surface area contributed by atoms with Gasteiger partial charge in [-0.25, -0.2) is 22.9 Å². The SMILES string of the molecule is NS(=O)(=O)c1ccc(CCn2c(SCC(=O)NCc3ccc(F)cc3)nc3ccccc3c2=O)cc1. The lowest BCUT2D eigenvalue weighted by molar-refractivity contribution is -0.118. The van der Waals surface area contributed by atoms with Crippen LogP contribution in [-0.2, 0) is 34.3 Å². The highest BCUT2D eigenvalue weighted by molar-refractivity contribution is 7.99. The van der Waals surface area contributed by atoms with Crippen LogP contribution >= 0.6 is 11.8 Å². The van der Waals surface area contributed by atoms with Gasteiger partial charge in [-0.1, -0.05) is 48.2 Å². The topological polar surface area (TPSA) is 124 Å². The van der Waals surface area contributed by atoms with Gasteiger partial charge in [0, 0.05) is 13.1 Å². The van der Waals surface area contributed by atoms with Gasteiger partial charge in [0.15, 0.2) is 5.16 Å². The van der Waals surface area contributed by atoms with Crippen LogP contribution in [0.3, 0.4) is 0 Å². The van der Waals surface area contributed by atoms with Gasteiger partial charge in [-0.15, -0.1) is 0 Å². The molecule has 0 saturated carbocycles. The molecule has 3 N–H and O–H groups in total. The molecule has 0 aliphatic carbocycles. The van der Waals surface area contributed by atoms with E-state index in [1.54, 1.807) is 48.5 Å². The second kappa shape index (κ2) is 11.0. The summed E-state index contributed by atoms with van der Waals surface area (Å²) >= 11 is 1.15. The van der Waals surface area contributed by atoms with Gasteiger partial charge in [0.05, 0.1) is 21.6 Å². The normalized spacial score (nSPS) is 11.5. The fraction of sp³-hybridized carbons (Fsp3) is 0.160. The first-order chi connectivity index (χ1) is 17.2. The number of rotatable bonds is 9. The number of nitrogens with one attached hydrogen (secondary N) is 1. The second-order valence-corrected chi connectivity index (χ2v) is 10.5. The lowest BCUT2D eigenvalue weighted by atomic mass is 10.1. The van der Waals surface area contributed by atoms with E-state index in [1.165, 1.54) is 28.8 Å². The highest BCUT2D eigenvalue weighted by atomic mass is 32.2. The maximum Gasteiger partial charge on any atom is 0.262 e. The lowest BCUT2D eigenvalue weighted by Crippen LogP contribution is -2.27. The standard InChI is InChI=1S/C25H23FN4O4S2/c26-19-9-5-18(6-10-19)15-28-23(31)16-35-25-29-22-4-2-1-3-21(22)24(32)30(25)14-13-17-7-11-20(12-8-17)36(27,33)34/h1-12H,13-16H2,(H,28,31)(H2,27,33,34). The number of benzene rings is 3. The molecule has 8 nitrogen and oxygen atoms in total. The number of nitrogens with two attached hydrogens (primary N) is 1. The highest BCUT2D eigenvalue weighted by Gasteiger charge is 2.14. The fourth-order valence-electron chi connectivity index (χ4n) is 3.53. The van der Waals surface area contributed by atoms with Crippen LogP contribution in [0.5, 0.6) is 0 Å². The van der Waals surface area contributed by atoms with Crippen LogP contribution in [0.15, 0.2) is 87.6 Å². The third-order valence-corrected chi connectivity index (χ3v) is 7.34. The summed E-state index contributed by atoms with van der Waals surface area (Å²) < 4.78 is 37.5. The first-order valence-electron chi connectivity index (χ1n) is 11.0. The minimum Gasteiger partial charge on any atom is -0.351 e. The third kappa shape index (κ3) is 6.36. The van der Waals surface area contributed by atoms with E-state index in [9.17, 15) is 22.4 Å². The summed E-state index contributed by atoms with van der Waals surface area (Å²) in [5, 5.41) is 8.79. The second-order valence-electron chi connectivity index (χ2n) is 8.00. The zero-order valence-electron chi connectivity index (χ0n) is 19.1. The number of primary sulfonamides is 1. The molecule has 0 bridgehead atoms. The molecular formula is C25H23FN4O4S2. The van der Waals surface area contributed by atoms with Crippen molar-refractivity contribution in [1.29, 1.82) is 0 Å². The molecule has 0 aliphatic rings. The van der Waals surface area contributed by atoms with Crippen molar-refractivity contribution >= 4 is 38.6 Å². The average molecular weight is 527 g/mol. The first kappa shape index (κ1) is 25.5. The predicted octanol–water partition coefficient (Wildman–Crippen LogP) is 2.83. The predicted molar refractivity (Wildman–Crippen MR) is 136 cm³/mol. The van der Waals surface area contributed by atoms with Gasteiger partial charge >= 0.3 is 0 Å². The lowest BCUT2D eigenvalue weighted by Gasteiger charge is -2.13. The molecule has 186 valence electrons. The zero-order chi connectivity index (χ0) is 25.7. The number of amides is 1. The average Bonchev–Trinajstić information content (AvgIpc) is 2.86. The van der Waals surface area contributed by atoms with Crippen molar-refractivity contribution in [3.05, 3.63) is 100 Å². The Balaban J connectivity index is 1.49. The van der Waals surface area contributed by atoms with Crippen LogP contribution < -0.4 is 16.0 Å². The number of halogens is 1. The quantitative estimate of drug-likeness (QED) is 0.255. The summed E-state index contributed by atoms with van der Waals surface area (Å²) in [5.41, 5.74) is 1.89. The van der Waals surface area contributed by atoms with Gasteiger partial charge in [-0.05, 0) is 53.9 Å². The van der Waals surface area contributed by atoms with Gasteiger partial charge < -0.3 is 5.32 Å². The Morgan fingerprint density at radius 2 is 1.67 bits per heavy atom. The third-order valence-electron chi connectivity index (χ3n) is 5.44. The Morgan fingerprint density at radius 3 is 2.36 bits per heavy atom. The number of carbonyl (C=O) groups excluding carboxylic acids is 1. The monoisotopic (exact) mass is 526 g/mol. The van der Waals surface area contributed by atoms with Gasteiger partial charge in [-0.3, -0.25) is 14.2 Å². The zero-order valence-corrected chi connectivity index (χ0v) is 20.7. The summed E-state index contributed by atoms with van der Waals surface area (Å²) in [7, 11) is -3.79. The number of aryl methyl sites for hydroxylation is 1. The van der Waals surface area contributed by atoms with Crippen molar-refractivity contribution in [2.75, 3.05) is 5.75 Å². The summed E-state index contributed by atoms with van der Waals surface area (Å²) in [5.74, 6) is -0.562. The molecule has 0 fully saturated rings. The molecule has 0 aliphatic heterocycles. The van der Waals surface area contributed by atoms with Crippen molar-refractivity contribution < 1.29 is 17.6 Å². The largest absolute Gasteiger partial charge is 0.351 e. The summed E-state index contributed by atoms with van der Waals surface area (Å²) in [6.45, 7) is 0.539. The van der Waals surface area contributed by atoms with E-state index in [2.05, 4.69) is 10.3 Å². The number of sulfonamides is 1. The highest BCUT2D eigenvalue weighted by Crippen LogP contribution is 2.19. The molecular weight excluding hydrogens is 503 g/mol. The van der Waals surface area contributed by atoms with Crippen LogP contribution in [0.2, 0.25) is 0 Å². The summed E-state index contributed by atoms with van der Waals surface area (Å²) in [6.07, 6.45) is 0.440.